The standard InChI is InChI=1S/C12H13NO2/c1-8(2)9-4-5-10-11(6-9)15-7-12(14)13(10)3/h4-6H,1,7H2,2-3H3. The second-order valence-corrected chi connectivity index (χ2v) is 3.70. The van der Waals surface area contributed by atoms with Crippen molar-refractivity contribution in [3.63, 3.8) is 0 Å². The van der Waals surface area contributed by atoms with Gasteiger partial charge in [-0.15, -0.1) is 0 Å². The molecule has 0 radical (unpaired) electrons. The molecule has 1 aromatic carbocycles. The largest absolute Gasteiger partial charge is 0.482 e. The van der Waals surface area contributed by atoms with Gasteiger partial charge in [0.1, 0.15) is 5.75 Å². The summed E-state index contributed by atoms with van der Waals surface area (Å²) >= 11 is 0. The van der Waals surface area contributed by atoms with E-state index in [4.69, 9.17) is 4.74 Å². The second kappa shape index (κ2) is 3.42. The average molecular weight is 203 g/mol. The van der Waals surface area contributed by atoms with Gasteiger partial charge in [0.05, 0.1) is 5.69 Å². The Hall–Kier alpha value is -1.77. The summed E-state index contributed by atoms with van der Waals surface area (Å²) < 4.78 is 5.36. The van der Waals surface area contributed by atoms with Crippen LogP contribution in [0.5, 0.6) is 5.75 Å². The third kappa shape index (κ3) is 1.61. The third-order valence-electron chi connectivity index (χ3n) is 2.54. The molecule has 0 N–H and O–H groups in total. The Morgan fingerprint density at radius 1 is 1.53 bits per heavy atom. The van der Waals surface area contributed by atoms with Crippen molar-refractivity contribution in [2.24, 2.45) is 0 Å². The van der Waals surface area contributed by atoms with Gasteiger partial charge >= 0.3 is 0 Å². The van der Waals surface area contributed by atoms with E-state index in [2.05, 4.69) is 6.58 Å². The maximum absolute atomic E-state index is 11.4. The number of rotatable bonds is 1. The fourth-order valence-corrected chi connectivity index (χ4v) is 1.54. The molecule has 0 aliphatic carbocycles. The van der Waals surface area contributed by atoms with Crippen LogP contribution in [-0.2, 0) is 4.79 Å². The zero-order chi connectivity index (χ0) is 11.0. The lowest BCUT2D eigenvalue weighted by Gasteiger charge is -2.26. The molecule has 0 spiro atoms. The van der Waals surface area contributed by atoms with Crippen molar-refractivity contribution in [3.8, 4) is 5.75 Å². The molecule has 0 saturated carbocycles. The van der Waals surface area contributed by atoms with Gasteiger partial charge in [-0.2, -0.15) is 0 Å². The lowest BCUT2D eigenvalue weighted by Crippen LogP contribution is -2.35. The SMILES string of the molecule is C=C(C)c1ccc2c(c1)OCC(=O)N2C. The Balaban J connectivity index is 2.47. The zero-order valence-electron chi connectivity index (χ0n) is 8.91. The molecule has 3 nitrogen and oxygen atoms in total. The fourth-order valence-electron chi connectivity index (χ4n) is 1.54. The van der Waals surface area contributed by atoms with Crippen molar-refractivity contribution >= 4 is 17.2 Å². The molecule has 0 saturated heterocycles. The van der Waals surface area contributed by atoms with E-state index in [1.807, 2.05) is 25.1 Å². The number of hydrogen-bond donors (Lipinski definition) is 0. The van der Waals surface area contributed by atoms with Gasteiger partial charge in [-0.1, -0.05) is 18.2 Å². The highest BCUT2D eigenvalue weighted by Gasteiger charge is 2.21. The summed E-state index contributed by atoms with van der Waals surface area (Å²) in [6.07, 6.45) is 0. The first-order chi connectivity index (χ1) is 7.09. The molecule has 0 bridgehead atoms. The number of carbonyl (C=O) groups excluding carboxylic acids is 1. The first kappa shape index (κ1) is 9.77. The van der Waals surface area contributed by atoms with Crippen LogP contribution in [0.1, 0.15) is 12.5 Å². The van der Waals surface area contributed by atoms with Crippen molar-refractivity contribution in [1.29, 1.82) is 0 Å². The molecule has 1 aromatic rings. The number of anilines is 1. The minimum Gasteiger partial charge on any atom is -0.482 e. The number of ether oxygens (including phenoxy) is 1. The molecule has 0 fully saturated rings. The summed E-state index contributed by atoms with van der Waals surface area (Å²) in [5.41, 5.74) is 2.84. The van der Waals surface area contributed by atoms with Gasteiger partial charge < -0.3 is 9.64 Å². The fraction of sp³-hybridized carbons (Fsp3) is 0.250. The molecule has 1 aliphatic heterocycles. The summed E-state index contributed by atoms with van der Waals surface area (Å²) in [6.45, 7) is 5.93. The predicted molar refractivity (Wildman–Crippen MR) is 60.1 cm³/mol. The van der Waals surface area contributed by atoms with Gasteiger partial charge in [-0.25, -0.2) is 0 Å². The maximum atomic E-state index is 11.4. The normalized spacial score (nSPS) is 14.5. The lowest BCUT2D eigenvalue weighted by atomic mass is 10.1. The third-order valence-corrected chi connectivity index (χ3v) is 2.54. The maximum Gasteiger partial charge on any atom is 0.264 e. The van der Waals surface area contributed by atoms with Gasteiger partial charge in [-0.05, 0) is 24.6 Å². The highest BCUT2D eigenvalue weighted by atomic mass is 16.5. The molecule has 78 valence electrons. The van der Waals surface area contributed by atoms with Crippen LogP contribution >= 0.6 is 0 Å². The van der Waals surface area contributed by atoms with Crippen LogP contribution in [0, 0.1) is 0 Å². The predicted octanol–water partition coefficient (Wildman–Crippen LogP) is 2.07. The highest BCUT2D eigenvalue weighted by Crippen LogP contribution is 2.33. The number of carbonyl (C=O) groups is 1. The number of amides is 1. The molecule has 1 heterocycles. The molecule has 3 heteroatoms. The first-order valence-corrected chi connectivity index (χ1v) is 4.79. The number of likely N-dealkylation sites (N-methyl/N-ethyl adjacent to an activating group) is 1. The molecule has 0 atom stereocenters. The van der Waals surface area contributed by atoms with Gasteiger partial charge in [-0.3, -0.25) is 4.79 Å². The molecular formula is C12H13NO2. The van der Waals surface area contributed by atoms with Gasteiger partial charge in [0.25, 0.3) is 5.91 Å². The first-order valence-electron chi connectivity index (χ1n) is 4.79. The Labute approximate surface area is 89.0 Å². The van der Waals surface area contributed by atoms with Crippen molar-refractivity contribution in [3.05, 3.63) is 30.3 Å². The Bertz CT molecular complexity index is 437. The minimum atomic E-state index is -0.0226. The van der Waals surface area contributed by atoms with E-state index < -0.39 is 0 Å². The van der Waals surface area contributed by atoms with Crippen molar-refractivity contribution in [2.75, 3.05) is 18.6 Å². The van der Waals surface area contributed by atoms with E-state index in [0.29, 0.717) is 0 Å². The van der Waals surface area contributed by atoms with Crippen LogP contribution in [-0.4, -0.2) is 19.6 Å². The Kier molecular flexibility index (Phi) is 2.23. The molecule has 1 aliphatic rings. The van der Waals surface area contributed by atoms with Crippen LogP contribution in [0.2, 0.25) is 0 Å². The van der Waals surface area contributed by atoms with E-state index in [0.717, 1.165) is 22.6 Å². The summed E-state index contributed by atoms with van der Waals surface area (Å²) in [5.74, 6) is 0.725. The van der Waals surface area contributed by atoms with E-state index in [1.165, 1.54) is 0 Å². The van der Waals surface area contributed by atoms with Crippen molar-refractivity contribution in [1.82, 2.24) is 0 Å². The van der Waals surface area contributed by atoms with Gasteiger partial charge in [0.15, 0.2) is 6.61 Å². The molecule has 2 rings (SSSR count). The molecule has 1 amide bonds. The second-order valence-electron chi connectivity index (χ2n) is 3.70. The zero-order valence-corrected chi connectivity index (χ0v) is 8.91. The van der Waals surface area contributed by atoms with E-state index in [-0.39, 0.29) is 12.5 Å². The number of fused-ring (bicyclic) bond motifs is 1. The van der Waals surface area contributed by atoms with Crippen LogP contribution in [0.15, 0.2) is 24.8 Å². The van der Waals surface area contributed by atoms with Gasteiger partial charge in [0.2, 0.25) is 0 Å². The number of allylic oxidation sites excluding steroid dienone is 1. The quantitative estimate of drug-likeness (QED) is 0.699. The van der Waals surface area contributed by atoms with Crippen molar-refractivity contribution in [2.45, 2.75) is 6.92 Å². The average Bonchev–Trinajstić information content (AvgIpc) is 2.23. The Morgan fingerprint density at radius 2 is 2.27 bits per heavy atom. The number of hydrogen-bond acceptors (Lipinski definition) is 2. The summed E-state index contributed by atoms with van der Waals surface area (Å²) in [4.78, 5) is 13.0. The molecule has 0 unspecified atom stereocenters. The van der Waals surface area contributed by atoms with Crippen LogP contribution in [0.4, 0.5) is 5.69 Å². The molecule has 15 heavy (non-hydrogen) atoms. The number of nitrogens with zero attached hydrogens (tertiary/aromatic N) is 1. The number of benzene rings is 1. The van der Waals surface area contributed by atoms with Crippen LogP contribution < -0.4 is 9.64 Å². The summed E-state index contributed by atoms with van der Waals surface area (Å²) in [6, 6.07) is 5.75. The summed E-state index contributed by atoms with van der Waals surface area (Å²) in [5, 5.41) is 0. The smallest absolute Gasteiger partial charge is 0.264 e. The van der Waals surface area contributed by atoms with E-state index in [9.17, 15) is 4.79 Å². The Morgan fingerprint density at radius 3 is 2.93 bits per heavy atom. The molecular weight excluding hydrogens is 190 g/mol. The molecule has 0 aromatic heterocycles. The van der Waals surface area contributed by atoms with E-state index >= 15 is 0 Å². The minimum absolute atomic E-state index is 0.0226. The topological polar surface area (TPSA) is 29.5 Å². The van der Waals surface area contributed by atoms with Crippen LogP contribution in [0.25, 0.3) is 5.57 Å². The highest BCUT2D eigenvalue weighted by molar-refractivity contribution is 5.97. The van der Waals surface area contributed by atoms with Crippen molar-refractivity contribution < 1.29 is 9.53 Å². The monoisotopic (exact) mass is 203 g/mol. The van der Waals surface area contributed by atoms with E-state index in [1.54, 1.807) is 11.9 Å². The lowest BCUT2D eigenvalue weighted by molar-refractivity contribution is -0.120. The summed E-state index contributed by atoms with van der Waals surface area (Å²) in [7, 11) is 1.75. The van der Waals surface area contributed by atoms with Crippen LogP contribution in [0.3, 0.4) is 0 Å². The van der Waals surface area contributed by atoms with Gasteiger partial charge in [0, 0.05) is 7.05 Å².